The van der Waals surface area contributed by atoms with E-state index in [1.165, 1.54) is 5.56 Å². The minimum absolute atomic E-state index is 0.0136. The second-order valence-corrected chi connectivity index (χ2v) is 7.34. The molecule has 146 valence electrons. The van der Waals surface area contributed by atoms with Crippen LogP contribution in [0.1, 0.15) is 39.4 Å². The zero-order valence-corrected chi connectivity index (χ0v) is 15.8. The van der Waals surface area contributed by atoms with E-state index >= 15 is 0 Å². The highest BCUT2D eigenvalue weighted by atomic mass is 16.4. The topological polar surface area (TPSA) is 78.4 Å². The lowest BCUT2D eigenvalue weighted by molar-refractivity contribution is 0.102. The molecular formula is C24H22N2O3. The van der Waals surface area contributed by atoms with Gasteiger partial charge in [-0.25, -0.2) is 4.79 Å². The molecule has 2 amide bonds. The first-order valence-electron chi connectivity index (χ1n) is 9.62. The van der Waals surface area contributed by atoms with Gasteiger partial charge in [0, 0.05) is 23.2 Å². The van der Waals surface area contributed by atoms with E-state index in [-0.39, 0.29) is 17.9 Å². The maximum atomic E-state index is 12.6. The average molecular weight is 386 g/mol. The Kier molecular flexibility index (Phi) is 5.29. The molecule has 5 nitrogen and oxygen atoms in total. The Hall–Kier alpha value is -3.60. The molecule has 4 rings (SSSR count). The highest BCUT2D eigenvalue weighted by Gasteiger charge is 2.39. The average Bonchev–Trinajstić information content (AvgIpc) is 3.48. The van der Waals surface area contributed by atoms with Gasteiger partial charge in [-0.15, -0.1) is 0 Å². The number of carbonyl (C=O) groups is 2. The summed E-state index contributed by atoms with van der Waals surface area (Å²) in [5.41, 5.74) is 4.71. The van der Waals surface area contributed by atoms with Crippen LogP contribution in [0.2, 0.25) is 0 Å². The normalized spacial score (nSPS) is 17.4. The summed E-state index contributed by atoms with van der Waals surface area (Å²) in [7, 11) is 0. The first-order chi connectivity index (χ1) is 14.1. The Bertz CT molecular complexity index is 1020. The lowest BCUT2D eigenvalue weighted by Gasteiger charge is -2.08. The summed E-state index contributed by atoms with van der Waals surface area (Å²) in [5, 5.41) is 14.2. The van der Waals surface area contributed by atoms with Gasteiger partial charge in [-0.2, -0.15) is 0 Å². The van der Waals surface area contributed by atoms with Crippen molar-refractivity contribution in [1.29, 1.82) is 0 Å². The van der Waals surface area contributed by atoms with Gasteiger partial charge in [0.1, 0.15) is 0 Å². The molecule has 0 bridgehead atoms. The molecule has 1 aliphatic rings. The van der Waals surface area contributed by atoms with Crippen LogP contribution in [-0.2, 0) is 6.42 Å². The largest absolute Gasteiger partial charge is 0.465 e. The molecule has 1 aliphatic carbocycles. The summed E-state index contributed by atoms with van der Waals surface area (Å²) in [4.78, 5) is 23.3. The summed E-state index contributed by atoms with van der Waals surface area (Å²) < 4.78 is 0. The molecule has 3 aromatic carbocycles. The second kappa shape index (κ2) is 8.19. The lowest BCUT2D eigenvalue weighted by Crippen LogP contribution is -2.24. The van der Waals surface area contributed by atoms with Gasteiger partial charge in [0.15, 0.2) is 0 Å². The van der Waals surface area contributed by atoms with Crippen molar-refractivity contribution in [2.24, 2.45) is 0 Å². The standard InChI is InChI=1S/C24H22N2O3/c27-23(19-8-4-7-17(14-19)13-16-5-2-1-3-6-16)25-20-11-9-18(10-12-20)21-15-22(21)26-24(28)29/h1-12,14,21-22,26H,13,15H2,(H,25,27)(H,28,29)/t21-,22+/m0/s1. The van der Waals surface area contributed by atoms with Crippen molar-refractivity contribution in [3.8, 4) is 0 Å². The molecule has 0 unspecified atom stereocenters. The van der Waals surface area contributed by atoms with Crippen molar-refractivity contribution in [3.63, 3.8) is 0 Å². The van der Waals surface area contributed by atoms with Crippen molar-refractivity contribution in [2.45, 2.75) is 24.8 Å². The number of hydrogen-bond donors (Lipinski definition) is 3. The molecule has 3 N–H and O–H groups in total. The van der Waals surface area contributed by atoms with Gasteiger partial charge in [-0.05, 0) is 53.8 Å². The predicted octanol–water partition coefficient (Wildman–Crippen LogP) is 4.65. The predicted molar refractivity (Wildman–Crippen MR) is 112 cm³/mol. The third kappa shape index (κ3) is 4.82. The van der Waals surface area contributed by atoms with Crippen LogP contribution in [0.4, 0.5) is 10.5 Å². The number of carbonyl (C=O) groups excluding carboxylic acids is 1. The molecule has 1 fully saturated rings. The van der Waals surface area contributed by atoms with Crippen LogP contribution in [0, 0.1) is 0 Å². The highest BCUT2D eigenvalue weighted by Crippen LogP contribution is 2.41. The Morgan fingerprint density at radius 2 is 1.62 bits per heavy atom. The fourth-order valence-electron chi connectivity index (χ4n) is 3.55. The van der Waals surface area contributed by atoms with Gasteiger partial charge in [0.2, 0.25) is 0 Å². The van der Waals surface area contributed by atoms with Crippen molar-refractivity contribution in [1.82, 2.24) is 5.32 Å². The summed E-state index contributed by atoms with van der Waals surface area (Å²) in [6.07, 6.45) is 0.603. The SMILES string of the molecule is O=C(O)N[C@@H]1C[C@H]1c1ccc(NC(=O)c2cccc(Cc3ccccc3)c2)cc1. The minimum atomic E-state index is -0.990. The Balaban J connectivity index is 1.38. The van der Waals surface area contributed by atoms with E-state index in [4.69, 9.17) is 5.11 Å². The molecule has 3 aromatic rings. The maximum Gasteiger partial charge on any atom is 0.404 e. The van der Waals surface area contributed by atoms with Crippen LogP contribution in [0.5, 0.6) is 0 Å². The fraction of sp³-hybridized carbons (Fsp3) is 0.167. The van der Waals surface area contributed by atoms with Crippen LogP contribution >= 0.6 is 0 Å². The van der Waals surface area contributed by atoms with Gasteiger partial charge < -0.3 is 15.7 Å². The molecule has 1 saturated carbocycles. The molecule has 2 atom stereocenters. The van der Waals surface area contributed by atoms with E-state index in [0.29, 0.717) is 5.56 Å². The van der Waals surface area contributed by atoms with E-state index in [1.807, 2.05) is 66.7 Å². The second-order valence-electron chi connectivity index (χ2n) is 7.34. The molecule has 29 heavy (non-hydrogen) atoms. The minimum Gasteiger partial charge on any atom is -0.465 e. The van der Waals surface area contributed by atoms with Crippen molar-refractivity contribution < 1.29 is 14.7 Å². The van der Waals surface area contributed by atoms with Crippen molar-refractivity contribution in [3.05, 3.63) is 101 Å². The van der Waals surface area contributed by atoms with E-state index in [0.717, 1.165) is 29.7 Å². The Morgan fingerprint density at radius 3 is 2.34 bits per heavy atom. The molecule has 0 aromatic heterocycles. The molecule has 0 aliphatic heterocycles. The summed E-state index contributed by atoms with van der Waals surface area (Å²) in [6.45, 7) is 0. The van der Waals surface area contributed by atoms with E-state index < -0.39 is 6.09 Å². The number of benzene rings is 3. The summed E-state index contributed by atoms with van der Waals surface area (Å²) >= 11 is 0. The Labute approximate surface area is 169 Å². The molecular weight excluding hydrogens is 364 g/mol. The smallest absolute Gasteiger partial charge is 0.404 e. The quantitative estimate of drug-likeness (QED) is 0.577. The van der Waals surface area contributed by atoms with Crippen LogP contribution in [0.3, 0.4) is 0 Å². The molecule has 0 spiro atoms. The fourth-order valence-corrected chi connectivity index (χ4v) is 3.55. The maximum absolute atomic E-state index is 12.6. The van der Waals surface area contributed by atoms with Crippen molar-refractivity contribution in [2.75, 3.05) is 5.32 Å². The van der Waals surface area contributed by atoms with Gasteiger partial charge in [-0.1, -0.05) is 54.6 Å². The number of anilines is 1. The highest BCUT2D eigenvalue weighted by molar-refractivity contribution is 6.04. The molecule has 5 heteroatoms. The number of nitrogens with one attached hydrogen (secondary N) is 2. The molecule has 0 radical (unpaired) electrons. The Morgan fingerprint density at radius 1 is 0.897 bits per heavy atom. The number of rotatable bonds is 6. The zero-order valence-electron chi connectivity index (χ0n) is 15.8. The van der Waals surface area contributed by atoms with E-state index in [2.05, 4.69) is 22.8 Å². The van der Waals surface area contributed by atoms with Crippen molar-refractivity contribution >= 4 is 17.7 Å². The lowest BCUT2D eigenvalue weighted by atomic mass is 10.0. The number of hydrogen-bond acceptors (Lipinski definition) is 2. The monoisotopic (exact) mass is 386 g/mol. The third-order valence-corrected chi connectivity index (χ3v) is 5.14. The summed E-state index contributed by atoms with van der Waals surface area (Å²) in [6, 6.07) is 25.4. The number of amides is 2. The van der Waals surface area contributed by atoms with Gasteiger partial charge in [0.05, 0.1) is 0 Å². The van der Waals surface area contributed by atoms with E-state index in [9.17, 15) is 9.59 Å². The molecule has 0 heterocycles. The van der Waals surface area contributed by atoms with Crippen LogP contribution < -0.4 is 10.6 Å². The first kappa shape index (κ1) is 18.7. The van der Waals surface area contributed by atoms with Crippen LogP contribution in [-0.4, -0.2) is 23.1 Å². The third-order valence-electron chi connectivity index (χ3n) is 5.14. The van der Waals surface area contributed by atoms with Gasteiger partial charge in [-0.3, -0.25) is 4.79 Å². The number of carboxylic acid groups (broad SMARTS) is 1. The van der Waals surface area contributed by atoms with Gasteiger partial charge in [0.25, 0.3) is 5.91 Å². The van der Waals surface area contributed by atoms with Crippen LogP contribution in [0.25, 0.3) is 0 Å². The summed E-state index contributed by atoms with van der Waals surface area (Å²) in [5.74, 6) is 0.0648. The van der Waals surface area contributed by atoms with E-state index in [1.54, 1.807) is 0 Å². The van der Waals surface area contributed by atoms with Crippen LogP contribution in [0.15, 0.2) is 78.9 Å². The molecule has 0 saturated heterocycles. The first-order valence-corrected chi connectivity index (χ1v) is 9.62. The van der Waals surface area contributed by atoms with Gasteiger partial charge >= 0.3 is 6.09 Å². The zero-order chi connectivity index (χ0) is 20.2.